The van der Waals surface area contributed by atoms with E-state index in [0.717, 1.165) is 0 Å². The Morgan fingerprint density at radius 1 is 0.538 bits per heavy atom. The van der Waals surface area contributed by atoms with Gasteiger partial charge in [-0.25, -0.2) is 0 Å². The van der Waals surface area contributed by atoms with E-state index >= 15 is 0 Å². The maximum absolute atomic E-state index is 8.20. The molecule has 72 valence electrons. The zero-order chi connectivity index (χ0) is 10.4. The highest BCUT2D eigenvalue weighted by molar-refractivity contribution is 6.61. The lowest BCUT2D eigenvalue weighted by Gasteiger charge is -2.13. The number of hydrogen-bond donors (Lipinski definition) is 6. The summed E-state index contributed by atoms with van der Waals surface area (Å²) >= 11 is 0. The lowest BCUT2D eigenvalue weighted by molar-refractivity contribution is 0.165. The fourth-order valence-electron chi connectivity index (χ4n) is 0.394. The summed E-state index contributed by atoms with van der Waals surface area (Å²) in [6.07, 6.45) is 0. The highest BCUT2D eigenvalue weighted by Crippen LogP contribution is 1.94. The summed E-state index contributed by atoms with van der Waals surface area (Å²) in [5, 5.41) is 49.2. The monoisotopic (exact) mass is 194 g/mol. The molecule has 0 atom stereocenters. The van der Waals surface area contributed by atoms with Gasteiger partial charge in [-0.3, -0.25) is 0 Å². The second kappa shape index (κ2) is 6.37. The third-order valence-corrected chi connectivity index (χ3v) is 0.698. The van der Waals surface area contributed by atoms with Crippen molar-refractivity contribution in [3.63, 3.8) is 0 Å². The van der Waals surface area contributed by atoms with Crippen molar-refractivity contribution < 1.29 is 43.9 Å². The van der Waals surface area contributed by atoms with Gasteiger partial charge in [0.1, 0.15) is 0 Å². The molecule has 0 amide bonds. The summed E-state index contributed by atoms with van der Waals surface area (Å²) in [4.78, 5) is 0. The van der Waals surface area contributed by atoms with Gasteiger partial charge in [-0.15, -0.1) is 0 Å². The predicted octanol–water partition coefficient (Wildman–Crippen LogP) is -5.07. The quantitative estimate of drug-likeness (QED) is 0.228. The Morgan fingerprint density at radius 3 is 0.923 bits per heavy atom. The second-order valence-corrected chi connectivity index (χ2v) is 1.68. The minimum absolute atomic E-state index is 2.04. The van der Waals surface area contributed by atoms with Crippen molar-refractivity contribution in [2.75, 3.05) is 0 Å². The van der Waals surface area contributed by atoms with Crippen LogP contribution in [0.1, 0.15) is 0 Å². The average Bonchev–Trinajstić information content (AvgIpc) is 1.80. The minimum Gasteiger partial charge on any atom is -0.402 e. The Kier molecular flexibility index (Phi) is 6.32. The number of hydrogen-bond acceptors (Lipinski definition) is 9. The molecule has 0 aliphatic heterocycles. The van der Waals surface area contributed by atoms with Gasteiger partial charge in [0.25, 0.3) is 0 Å². The van der Waals surface area contributed by atoms with E-state index in [1.807, 2.05) is 0 Å². The minimum atomic E-state index is -2.33. The van der Waals surface area contributed by atoms with Gasteiger partial charge in [-0.05, 0) is 0 Å². The summed E-state index contributed by atoms with van der Waals surface area (Å²) in [5.41, 5.74) is 0. The van der Waals surface area contributed by atoms with E-state index in [4.69, 9.17) is 30.1 Å². The normalized spacial score (nSPS) is 9.69. The van der Waals surface area contributed by atoms with Gasteiger partial charge in [0.05, 0.1) is 0 Å². The Bertz CT molecular complexity index is 99.0. The summed E-state index contributed by atoms with van der Waals surface area (Å²) in [6.45, 7) is 0. The molecule has 0 unspecified atom stereocenters. The first-order chi connectivity index (χ1) is 5.91. The van der Waals surface area contributed by atoms with E-state index < -0.39 is 29.3 Å². The van der Waals surface area contributed by atoms with Crippen molar-refractivity contribution in [1.29, 1.82) is 0 Å². The van der Waals surface area contributed by atoms with Gasteiger partial charge in [0.2, 0.25) is 0 Å². The zero-order valence-corrected chi connectivity index (χ0v) is 6.22. The summed E-state index contributed by atoms with van der Waals surface area (Å²) < 4.78 is 11.7. The van der Waals surface area contributed by atoms with E-state index in [2.05, 4.69) is 13.7 Å². The highest BCUT2D eigenvalue weighted by atomic mass is 16.8. The lowest BCUT2D eigenvalue weighted by atomic mass is 10.0. The fraction of sp³-hybridized carbons (Fsp3) is 0. The molecule has 0 aromatic carbocycles. The van der Waals surface area contributed by atoms with Crippen molar-refractivity contribution >= 4 is 29.3 Å². The van der Waals surface area contributed by atoms with Gasteiger partial charge < -0.3 is 43.9 Å². The van der Waals surface area contributed by atoms with Crippen LogP contribution in [0.15, 0.2) is 0 Å². The van der Waals surface area contributed by atoms with Crippen LogP contribution in [0.4, 0.5) is 0 Å². The van der Waals surface area contributed by atoms with Gasteiger partial charge in [0.15, 0.2) is 0 Å². The molecule has 9 nitrogen and oxygen atoms in total. The Hall–Kier alpha value is -0.100. The maximum atomic E-state index is 8.20. The van der Waals surface area contributed by atoms with Crippen molar-refractivity contribution in [2.24, 2.45) is 0 Å². The van der Waals surface area contributed by atoms with E-state index in [-0.39, 0.29) is 0 Å². The predicted molar refractivity (Wildman–Crippen MR) is 39.6 cm³/mol. The van der Waals surface area contributed by atoms with E-state index in [1.54, 1.807) is 0 Å². The third-order valence-electron chi connectivity index (χ3n) is 0.698. The van der Waals surface area contributed by atoms with Gasteiger partial charge in [0, 0.05) is 0 Å². The van der Waals surface area contributed by atoms with Gasteiger partial charge in [-0.1, -0.05) is 0 Å². The molecular formula is H6B4O9. The van der Waals surface area contributed by atoms with Crippen molar-refractivity contribution in [3.8, 4) is 0 Å². The molecule has 0 saturated carbocycles. The molecule has 0 aromatic heterocycles. The molecule has 0 rings (SSSR count). The Balaban J connectivity index is 3.87. The standard InChI is InChI=1S/B4H6O9/c5-1(6)11-4(12-2(7)8)13-3(9)10/h5-10H. The average molecular weight is 193 g/mol. The van der Waals surface area contributed by atoms with Crippen molar-refractivity contribution in [2.45, 2.75) is 0 Å². The summed E-state index contributed by atoms with van der Waals surface area (Å²) in [5.74, 6) is 0. The van der Waals surface area contributed by atoms with Crippen molar-refractivity contribution in [1.82, 2.24) is 0 Å². The molecule has 6 N–H and O–H groups in total. The molecule has 0 radical (unpaired) electrons. The molecule has 0 saturated heterocycles. The first kappa shape index (κ1) is 12.9. The lowest BCUT2D eigenvalue weighted by Crippen LogP contribution is -2.43. The molecule has 13 heavy (non-hydrogen) atoms. The van der Waals surface area contributed by atoms with Crippen LogP contribution in [0.3, 0.4) is 0 Å². The van der Waals surface area contributed by atoms with Crippen LogP contribution in [0.5, 0.6) is 0 Å². The van der Waals surface area contributed by atoms with Gasteiger partial charge in [-0.2, -0.15) is 0 Å². The van der Waals surface area contributed by atoms with E-state index in [9.17, 15) is 0 Å². The Morgan fingerprint density at radius 2 is 0.769 bits per heavy atom. The van der Waals surface area contributed by atoms with Crippen LogP contribution in [0, 0.1) is 0 Å². The van der Waals surface area contributed by atoms with Crippen molar-refractivity contribution in [3.05, 3.63) is 0 Å². The first-order valence-corrected chi connectivity index (χ1v) is 2.96. The van der Waals surface area contributed by atoms with E-state index in [1.165, 1.54) is 0 Å². The molecule has 0 aliphatic carbocycles. The fourth-order valence-corrected chi connectivity index (χ4v) is 0.394. The molecule has 0 bridgehead atoms. The third kappa shape index (κ3) is 8.24. The smallest absolute Gasteiger partial charge is 0.402 e. The van der Waals surface area contributed by atoms with Crippen LogP contribution in [-0.4, -0.2) is 59.4 Å². The molecule has 0 aliphatic rings. The number of rotatable bonds is 6. The molecule has 13 heteroatoms. The van der Waals surface area contributed by atoms with Crippen LogP contribution < -0.4 is 0 Å². The van der Waals surface area contributed by atoms with Crippen LogP contribution in [0.2, 0.25) is 0 Å². The Labute approximate surface area is 74.2 Å². The second-order valence-electron chi connectivity index (χ2n) is 1.68. The van der Waals surface area contributed by atoms with Crippen LogP contribution in [0.25, 0.3) is 0 Å². The summed E-state index contributed by atoms with van der Waals surface area (Å²) in [6, 6.07) is 0. The topological polar surface area (TPSA) is 149 Å². The largest absolute Gasteiger partial charge is 0.621 e. The maximum Gasteiger partial charge on any atom is 0.621 e. The van der Waals surface area contributed by atoms with Crippen LogP contribution >= 0.6 is 0 Å². The zero-order valence-electron chi connectivity index (χ0n) is 6.22. The summed E-state index contributed by atoms with van der Waals surface area (Å²) in [7, 11) is -9.03. The molecule has 0 fully saturated rings. The molecule has 0 spiro atoms. The van der Waals surface area contributed by atoms with Crippen LogP contribution in [-0.2, 0) is 13.7 Å². The SMILES string of the molecule is OB(O)OB(OB(O)O)OB(O)O. The highest BCUT2D eigenvalue weighted by Gasteiger charge is 2.35. The first-order valence-electron chi connectivity index (χ1n) is 2.96. The van der Waals surface area contributed by atoms with E-state index in [0.29, 0.717) is 0 Å². The molecular weight excluding hydrogens is 187 g/mol. The molecule has 0 aromatic rings. The molecule has 0 heterocycles. The van der Waals surface area contributed by atoms with Gasteiger partial charge >= 0.3 is 29.3 Å².